The SMILES string of the molecule is O=C1CCCC(Sc2ccccc2O)C1C(=O)c1ccc2c(c1Cl)CCS2(=O)=O. The normalized spacial score (nSPS) is 23.0. The van der Waals surface area contributed by atoms with E-state index in [1.807, 2.05) is 0 Å². The highest BCUT2D eigenvalue weighted by atomic mass is 35.5. The molecule has 1 aliphatic heterocycles. The number of carbonyl (C=O) groups is 2. The fourth-order valence-corrected chi connectivity index (χ4v) is 7.33. The summed E-state index contributed by atoms with van der Waals surface area (Å²) in [5, 5.41) is 9.90. The molecule has 4 rings (SSSR count). The zero-order valence-electron chi connectivity index (χ0n) is 15.4. The summed E-state index contributed by atoms with van der Waals surface area (Å²) in [6, 6.07) is 9.69. The monoisotopic (exact) mass is 450 g/mol. The van der Waals surface area contributed by atoms with E-state index in [0.717, 1.165) is 0 Å². The van der Waals surface area contributed by atoms with Crippen LogP contribution in [0.2, 0.25) is 5.02 Å². The molecule has 2 aromatic carbocycles. The molecule has 0 spiro atoms. The van der Waals surface area contributed by atoms with Crippen molar-refractivity contribution in [3.63, 3.8) is 0 Å². The summed E-state index contributed by atoms with van der Waals surface area (Å²) in [5.74, 6) is -1.30. The molecule has 0 amide bonds. The van der Waals surface area contributed by atoms with Gasteiger partial charge < -0.3 is 5.11 Å². The Morgan fingerprint density at radius 1 is 1.14 bits per heavy atom. The number of thioether (sulfide) groups is 1. The van der Waals surface area contributed by atoms with Gasteiger partial charge in [-0.3, -0.25) is 9.59 Å². The molecule has 1 N–H and O–H groups in total. The Labute approximate surface area is 178 Å². The van der Waals surface area contributed by atoms with E-state index in [2.05, 4.69) is 0 Å². The van der Waals surface area contributed by atoms with Gasteiger partial charge in [-0.05, 0) is 49.1 Å². The van der Waals surface area contributed by atoms with Crippen molar-refractivity contribution in [3.8, 4) is 5.75 Å². The van der Waals surface area contributed by atoms with Crippen LogP contribution in [0.4, 0.5) is 0 Å². The highest BCUT2D eigenvalue weighted by molar-refractivity contribution is 8.00. The van der Waals surface area contributed by atoms with E-state index in [-0.39, 0.29) is 50.2 Å². The number of para-hydroxylation sites is 1. The number of sulfone groups is 1. The number of phenolic OH excluding ortho intramolecular Hbond substituents is 1. The second-order valence-electron chi connectivity index (χ2n) is 7.30. The van der Waals surface area contributed by atoms with E-state index in [1.54, 1.807) is 24.3 Å². The summed E-state index contributed by atoms with van der Waals surface area (Å²) in [7, 11) is -3.36. The van der Waals surface area contributed by atoms with E-state index in [0.29, 0.717) is 29.7 Å². The van der Waals surface area contributed by atoms with Gasteiger partial charge in [-0.1, -0.05) is 23.7 Å². The predicted molar refractivity (Wildman–Crippen MR) is 112 cm³/mol. The van der Waals surface area contributed by atoms with Gasteiger partial charge in [0.05, 0.1) is 21.6 Å². The number of phenols is 1. The highest BCUT2D eigenvalue weighted by Gasteiger charge is 2.40. The zero-order valence-corrected chi connectivity index (χ0v) is 17.8. The number of ketones is 2. The summed E-state index contributed by atoms with van der Waals surface area (Å²) in [6.45, 7) is 0. The van der Waals surface area contributed by atoms with E-state index in [9.17, 15) is 23.1 Å². The Balaban J connectivity index is 1.69. The molecule has 8 heteroatoms. The van der Waals surface area contributed by atoms with Gasteiger partial charge in [-0.2, -0.15) is 0 Å². The molecular formula is C21H19ClO5S2. The topological polar surface area (TPSA) is 88.5 Å². The standard InChI is InChI=1S/C21H19ClO5S2/c22-20-12-10-11-29(26,27)18(12)9-8-13(20)21(25)19-15(24)5-3-7-17(19)28-16-6-2-1-4-14(16)23/h1-2,4,6,8-9,17,19,23H,3,5,7,10-11H2. The molecule has 2 aromatic rings. The molecule has 29 heavy (non-hydrogen) atoms. The lowest BCUT2D eigenvalue weighted by Crippen LogP contribution is -2.37. The van der Waals surface area contributed by atoms with E-state index in [4.69, 9.17) is 11.6 Å². The Bertz CT molecular complexity index is 1110. The Kier molecular flexibility index (Phi) is 5.48. The quantitative estimate of drug-likeness (QED) is 0.557. The second-order valence-corrected chi connectivity index (χ2v) is 11.0. The summed E-state index contributed by atoms with van der Waals surface area (Å²) in [4.78, 5) is 26.9. The van der Waals surface area contributed by atoms with Crippen molar-refractivity contribution in [3.05, 3.63) is 52.5 Å². The minimum Gasteiger partial charge on any atom is -0.507 e. The Hall–Kier alpha value is -1.83. The summed E-state index contributed by atoms with van der Waals surface area (Å²) in [5.41, 5.74) is 0.663. The van der Waals surface area contributed by atoms with Crippen LogP contribution in [-0.2, 0) is 21.1 Å². The van der Waals surface area contributed by atoms with Gasteiger partial charge in [0.1, 0.15) is 11.5 Å². The number of halogens is 1. The lowest BCUT2D eigenvalue weighted by Gasteiger charge is -2.29. The molecule has 1 fully saturated rings. The molecule has 152 valence electrons. The van der Waals surface area contributed by atoms with Crippen LogP contribution in [0.1, 0.15) is 35.2 Å². The minimum atomic E-state index is -3.36. The molecule has 0 saturated heterocycles. The third-order valence-corrected chi connectivity index (χ3v) is 9.11. The molecular weight excluding hydrogens is 432 g/mol. The fraction of sp³-hybridized carbons (Fsp3) is 0.333. The lowest BCUT2D eigenvalue weighted by molar-refractivity contribution is -0.122. The number of rotatable bonds is 4. The second kappa shape index (κ2) is 7.78. The molecule has 2 aliphatic rings. The van der Waals surface area contributed by atoms with Crippen molar-refractivity contribution in [2.24, 2.45) is 5.92 Å². The average molecular weight is 451 g/mol. The fourth-order valence-electron chi connectivity index (χ4n) is 4.00. The lowest BCUT2D eigenvalue weighted by atomic mass is 9.82. The van der Waals surface area contributed by atoms with Crippen molar-refractivity contribution in [2.45, 2.75) is 40.7 Å². The Morgan fingerprint density at radius 2 is 1.90 bits per heavy atom. The number of benzene rings is 2. The molecule has 5 nitrogen and oxygen atoms in total. The third-order valence-electron chi connectivity index (χ3n) is 5.48. The maximum absolute atomic E-state index is 13.3. The van der Waals surface area contributed by atoms with Crippen LogP contribution in [0.5, 0.6) is 5.75 Å². The number of carbonyl (C=O) groups excluding carboxylic acids is 2. The maximum atomic E-state index is 13.3. The van der Waals surface area contributed by atoms with Gasteiger partial charge in [-0.15, -0.1) is 11.8 Å². The van der Waals surface area contributed by atoms with Gasteiger partial charge in [-0.25, -0.2) is 8.42 Å². The molecule has 2 atom stereocenters. The van der Waals surface area contributed by atoms with Crippen LogP contribution < -0.4 is 0 Å². The number of hydrogen-bond donors (Lipinski definition) is 1. The molecule has 0 radical (unpaired) electrons. The smallest absolute Gasteiger partial charge is 0.179 e. The molecule has 2 unspecified atom stereocenters. The summed E-state index contributed by atoms with van der Waals surface area (Å²) < 4.78 is 24.2. The van der Waals surface area contributed by atoms with Crippen molar-refractivity contribution in [1.29, 1.82) is 0 Å². The van der Waals surface area contributed by atoms with Crippen LogP contribution in [0.3, 0.4) is 0 Å². The van der Waals surface area contributed by atoms with Gasteiger partial charge in [0.25, 0.3) is 0 Å². The minimum absolute atomic E-state index is 0.0200. The van der Waals surface area contributed by atoms with E-state index >= 15 is 0 Å². The maximum Gasteiger partial charge on any atom is 0.179 e. The number of aromatic hydroxyl groups is 1. The summed E-state index contributed by atoms with van der Waals surface area (Å²) in [6.07, 6.45) is 1.94. The first-order valence-corrected chi connectivity index (χ1v) is 12.3. The van der Waals surface area contributed by atoms with E-state index in [1.165, 1.54) is 23.9 Å². The number of Topliss-reactive ketones (excluding diaryl/α,β-unsaturated/α-hetero) is 2. The predicted octanol–water partition coefficient (Wildman–Crippen LogP) is 4.09. The molecule has 0 aromatic heterocycles. The van der Waals surface area contributed by atoms with Crippen molar-refractivity contribution >= 4 is 44.8 Å². The average Bonchev–Trinajstić information content (AvgIpc) is 2.99. The number of fused-ring (bicyclic) bond motifs is 1. The van der Waals surface area contributed by atoms with Crippen LogP contribution in [0.15, 0.2) is 46.2 Å². The van der Waals surface area contributed by atoms with Gasteiger partial charge in [0.15, 0.2) is 15.6 Å². The first-order chi connectivity index (χ1) is 13.8. The van der Waals surface area contributed by atoms with Crippen LogP contribution in [0.25, 0.3) is 0 Å². The molecule has 1 saturated carbocycles. The van der Waals surface area contributed by atoms with Gasteiger partial charge in [0.2, 0.25) is 0 Å². The number of hydrogen-bond acceptors (Lipinski definition) is 6. The van der Waals surface area contributed by atoms with Crippen LogP contribution >= 0.6 is 23.4 Å². The molecule has 1 heterocycles. The highest BCUT2D eigenvalue weighted by Crippen LogP contribution is 2.42. The zero-order chi connectivity index (χ0) is 20.8. The third kappa shape index (κ3) is 3.71. The van der Waals surface area contributed by atoms with Crippen LogP contribution in [0, 0.1) is 5.92 Å². The Morgan fingerprint density at radius 3 is 2.66 bits per heavy atom. The van der Waals surface area contributed by atoms with Crippen molar-refractivity contribution in [2.75, 3.05) is 5.75 Å². The van der Waals surface area contributed by atoms with Crippen LogP contribution in [-0.4, -0.2) is 36.1 Å². The van der Waals surface area contributed by atoms with Crippen molar-refractivity contribution in [1.82, 2.24) is 0 Å². The van der Waals surface area contributed by atoms with Gasteiger partial charge in [0, 0.05) is 22.1 Å². The first-order valence-electron chi connectivity index (χ1n) is 9.35. The van der Waals surface area contributed by atoms with E-state index < -0.39 is 15.8 Å². The van der Waals surface area contributed by atoms with Crippen molar-refractivity contribution < 1.29 is 23.1 Å². The summed E-state index contributed by atoms with van der Waals surface area (Å²) >= 11 is 7.76. The first kappa shape index (κ1) is 20.4. The van der Waals surface area contributed by atoms with Gasteiger partial charge >= 0.3 is 0 Å². The molecule has 0 bridgehead atoms. The largest absolute Gasteiger partial charge is 0.507 e. The molecule has 1 aliphatic carbocycles.